The first-order valence-electron chi connectivity index (χ1n) is 14.2. The molecule has 18 heteroatoms. The molecule has 4 aromatic heterocycles. The van der Waals surface area contributed by atoms with Crippen LogP contribution in [0.15, 0.2) is 24.5 Å². The number of alkyl halides is 6. The number of carbonyl (C=O) groups excluding carboxylic acids is 1. The van der Waals surface area contributed by atoms with Crippen molar-refractivity contribution in [2.75, 3.05) is 11.5 Å². The van der Waals surface area contributed by atoms with Crippen LogP contribution in [-0.4, -0.2) is 70.0 Å². The third kappa shape index (κ3) is 5.09. The summed E-state index contributed by atoms with van der Waals surface area (Å²) in [4.78, 5) is 27.3. The minimum absolute atomic E-state index is 0.0340. The Balaban J connectivity index is 1.32. The van der Waals surface area contributed by atoms with E-state index in [2.05, 4.69) is 25.3 Å². The molecule has 0 radical (unpaired) electrons. The van der Waals surface area contributed by atoms with Crippen molar-refractivity contribution in [3.8, 4) is 11.1 Å². The Morgan fingerprint density at radius 1 is 1.02 bits per heavy atom. The Hall–Kier alpha value is -4.48. The summed E-state index contributed by atoms with van der Waals surface area (Å²) >= 11 is 0. The summed E-state index contributed by atoms with van der Waals surface area (Å²) in [6.07, 6.45) is -5.09. The van der Waals surface area contributed by atoms with Gasteiger partial charge in [0.15, 0.2) is 5.65 Å². The highest BCUT2D eigenvalue weighted by atomic mass is 19.4. The smallest absolute Gasteiger partial charge is 0.383 e. The van der Waals surface area contributed by atoms with Crippen LogP contribution in [0.2, 0.25) is 0 Å². The van der Waals surface area contributed by atoms with Gasteiger partial charge in [-0.15, -0.1) is 5.10 Å². The Kier molecular flexibility index (Phi) is 7.17. The van der Waals surface area contributed by atoms with Gasteiger partial charge in [0.25, 0.3) is 11.4 Å². The number of aromatic nitrogens is 7. The number of rotatable bonds is 7. The summed E-state index contributed by atoms with van der Waals surface area (Å²) in [6, 6.07) is 1.48. The number of nitrogen functional groups attached to an aromatic ring is 2. The number of hydrogen-bond acceptors (Lipinski definition) is 9. The lowest BCUT2D eigenvalue weighted by atomic mass is 9.93. The molecule has 2 aliphatic rings. The van der Waals surface area contributed by atoms with Crippen LogP contribution >= 0.6 is 0 Å². The highest BCUT2D eigenvalue weighted by molar-refractivity contribution is 5.91. The number of nitrogens with one attached hydrogen (secondary N) is 1. The van der Waals surface area contributed by atoms with Gasteiger partial charge in [0.05, 0.1) is 17.6 Å². The van der Waals surface area contributed by atoms with Crippen LogP contribution in [0.3, 0.4) is 0 Å². The number of amides is 1. The average Bonchev–Trinajstić information content (AvgIpc) is 3.37. The van der Waals surface area contributed by atoms with Crippen molar-refractivity contribution in [3.63, 3.8) is 0 Å². The van der Waals surface area contributed by atoms with E-state index < -0.39 is 23.6 Å². The predicted octanol–water partition coefficient (Wildman–Crippen LogP) is 3.86. The first-order valence-corrected chi connectivity index (χ1v) is 14.2. The fourth-order valence-electron chi connectivity index (χ4n) is 6.04. The quantitative estimate of drug-likeness (QED) is 0.219. The zero-order chi connectivity index (χ0) is 32.5. The third-order valence-corrected chi connectivity index (χ3v) is 8.60. The van der Waals surface area contributed by atoms with Gasteiger partial charge in [-0.25, -0.2) is 4.98 Å². The monoisotopic (exact) mass is 637 g/mol. The van der Waals surface area contributed by atoms with Crippen LogP contribution in [0.4, 0.5) is 38.1 Å². The first-order chi connectivity index (χ1) is 21.1. The summed E-state index contributed by atoms with van der Waals surface area (Å²) in [5.74, 6) is 0.215. The number of pyridine rings is 1. The van der Waals surface area contributed by atoms with Crippen molar-refractivity contribution >= 4 is 23.3 Å². The molecule has 1 saturated heterocycles. The maximum absolute atomic E-state index is 13.5. The van der Waals surface area contributed by atoms with Gasteiger partial charge in [-0.3, -0.25) is 14.9 Å². The normalized spacial score (nSPS) is 19.5. The Morgan fingerprint density at radius 3 is 2.31 bits per heavy atom. The van der Waals surface area contributed by atoms with Gasteiger partial charge in [0, 0.05) is 35.0 Å². The van der Waals surface area contributed by atoms with Gasteiger partial charge in [-0.1, -0.05) is 6.07 Å². The third-order valence-electron chi connectivity index (χ3n) is 8.60. The number of halogens is 6. The van der Waals surface area contributed by atoms with Crippen LogP contribution in [0.5, 0.6) is 0 Å². The van der Waals surface area contributed by atoms with E-state index in [0.29, 0.717) is 36.0 Å². The van der Waals surface area contributed by atoms with Crippen molar-refractivity contribution in [1.82, 2.24) is 39.7 Å². The van der Waals surface area contributed by atoms with E-state index in [4.69, 9.17) is 22.2 Å². The Bertz CT molecular complexity index is 1730. The molecule has 7 N–H and O–H groups in total. The zero-order valence-electron chi connectivity index (χ0n) is 23.8. The number of nitrogens with two attached hydrogens (primary N) is 3. The van der Waals surface area contributed by atoms with E-state index >= 15 is 0 Å². The number of H-pyrrole nitrogens is 1. The number of aryl methyl sites for hydroxylation is 1. The second-order valence-corrected chi connectivity index (χ2v) is 11.5. The van der Waals surface area contributed by atoms with Crippen molar-refractivity contribution in [3.05, 3.63) is 47.3 Å². The van der Waals surface area contributed by atoms with Crippen LogP contribution < -0.4 is 17.2 Å². The van der Waals surface area contributed by atoms with Crippen molar-refractivity contribution in [1.29, 1.82) is 0 Å². The van der Waals surface area contributed by atoms with E-state index in [1.165, 1.54) is 10.7 Å². The number of nitrogens with zero attached hydrogens (tertiary/aromatic N) is 7. The molecule has 0 spiro atoms. The maximum atomic E-state index is 13.5. The molecular weight excluding hydrogens is 608 g/mol. The lowest BCUT2D eigenvalue weighted by Crippen LogP contribution is -2.61. The predicted molar refractivity (Wildman–Crippen MR) is 148 cm³/mol. The van der Waals surface area contributed by atoms with Crippen LogP contribution in [0.1, 0.15) is 72.5 Å². The largest absolute Gasteiger partial charge is 0.421 e. The summed E-state index contributed by atoms with van der Waals surface area (Å²) < 4.78 is 82.2. The zero-order valence-corrected chi connectivity index (χ0v) is 23.8. The number of anilines is 2. The van der Waals surface area contributed by atoms with E-state index in [0.717, 1.165) is 43.5 Å². The second-order valence-electron chi connectivity index (χ2n) is 11.5. The van der Waals surface area contributed by atoms with Gasteiger partial charge in [-0.2, -0.15) is 40.9 Å². The van der Waals surface area contributed by atoms with E-state index in [-0.39, 0.29) is 46.9 Å². The number of likely N-dealkylation sites (tertiary alicyclic amines) is 1. The van der Waals surface area contributed by atoms with Gasteiger partial charge >= 0.3 is 12.4 Å². The van der Waals surface area contributed by atoms with Crippen molar-refractivity contribution in [2.24, 2.45) is 5.73 Å². The fourth-order valence-corrected chi connectivity index (χ4v) is 6.04. The highest BCUT2D eigenvalue weighted by Gasteiger charge is 2.70. The molecule has 12 nitrogen and oxygen atoms in total. The second kappa shape index (κ2) is 10.6. The van der Waals surface area contributed by atoms with Gasteiger partial charge < -0.3 is 22.1 Å². The highest BCUT2D eigenvalue weighted by Crippen LogP contribution is 2.48. The molecule has 6 rings (SSSR count). The summed E-state index contributed by atoms with van der Waals surface area (Å²) in [6.45, 7) is 1.95. The van der Waals surface area contributed by atoms with Gasteiger partial charge in [0.1, 0.15) is 5.82 Å². The SMILES string of the molecule is C[C@@H]1CC[C@H](CCc2nc3c(-c4ccc(C(N)(C(F)(F)F)C(F)(F)F)nc4)cnn3c(N)c2C2CC2)N1C(=O)c1nc(N)n[nH]1. The standard InChI is InChI=1S/C27H29F6N11O/c1-12-2-6-15(43(12)23(45)21-40-24(35)42-41-21)7-8-17-19(13-3-4-13)20(34)44-22(39-17)16(11-38-44)14-5-9-18(37-10-14)25(36,26(28,29)30)27(31,32)33/h5,9-13,15H,2-4,6-8,34,36H2,1H3,(H3,35,40,41,42)/t12-,15-/m1/s1. The molecule has 45 heavy (non-hydrogen) atoms. The average molecular weight is 638 g/mol. The van der Waals surface area contributed by atoms with Crippen LogP contribution in [-0.2, 0) is 12.0 Å². The molecule has 4 aromatic rings. The van der Waals surface area contributed by atoms with E-state index in [1.807, 2.05) is 6.92 Å². The summed E-state index contributed by atoms with van der Waals surface area (Å²) in [7, 11) is 0. The van der Waals surface area contributed by atoms with Crippen LogP contribution in [0, 0.1) is 0 Å². The lowest BCUT2D eigenvalue weighted by Gasteiger charge is -2.32. The topological polar surface area (TPSA) is 183 Å². The molecule has 1 saturated carbocycles. The maximum Gasteiger partial charge on any atom is 0.421 e. The molecule has 1 aliphatic heterocycles. The van der Waals surface area contributed by atoms with Crippen molar-refractivity contribution < 1.29 is 31.1 Å². The van der Waals surface area contributed by atoms with Gasteiger partial charge in [-0.05, 0) is 57.4 Å². The number of hydrogen-bond donors (Lipinski definition) is 4. The van der Waals surface area contributed by atoms with Gasteiger partial charge in [0.2, 0.25) is 11.8 Å². The number of fused-ring (bicyclic) bond motifs is 1. The fraction of sp³-hybridized carbons (Fsp3) is 0.481. The van der Waals surface area contributed by atoms with Crippen LogP contribution in [0.25, 0.3) is 16.8 Å². The molecule has 0 unspecified atom stereocenters. The molecule has 2 atom stereocenters. The minimum Gasteiger partial charge on any atom is -0.383 e. The minimum atomic E-state index is -5.84. The van der Waals surface area contributed by atoms with E-state index in [1.54, 1.807) is 4.90 Å². The molecular formula is C27H29F6N11O. The Labute approximate surface area is 251 Å². The molecule has 1 aliphatic carbocycles. The summed E-state index contributed by atoms with van der Waals surface area (Å²) in [5.41, 5.74) is 13.2. The molecule has 2 fully saturated rings. The first kappa shape index (κ1) is 30.5. The van der Waals surface area contributed by atoms with E-state index in [9.17, 15) is 31.1 Å². The molecule has 5 heterocycles. The molecule has 240 valence electrons. The number of aromatic amines is 1. The molecule has 0 bridgehead atoms. The van der Waals surface area contributed by atoms with Crippen molar-refractivity contribution in [2.45, 2.75) is 81.3 Å². The molecule has 1 amide bonds. The lowest BCUT2D eigenvalue weighted by molar-refractivity contribution is -0.303. The summed E-state index contributed by atoms with van der Waals surface area (Å²) in [5, 5.41) is 10.6. The number of carbonyl (C=O) groups is 1. The Morgan fingerprint density at radius 2 is 1.73 bits per heavy atom. The molecule has 0 aromatic carbocycles.